The normalized spacial score (nSPS) is 10.3. The summed E-state index contributed by atoms with van der Waals surface area (Å²) in [6.45, 7) is 3.81. The number of rotatable bonds is 4. The van der Waals surface area contributed by atoms with Gasteiger partial charge in [0, 0.05) is 15.2 Å². The highest BCUT2D eigenvalue weighted by atomic mass is 79.9. The number of aryl methyl sites for hydroxylation is 2. The first-order chi connectivity index (χ1) is 9.95. The number of hydrogen-bond donors (Lipinski definition) is 1. The molecule has 0 spiro atoms. The molecule has 0 aliphatic heterocycles. The van der Waals surface area contributed by atoms with Crippen LogP contribution < -0.4 is 10.1 Å². The summed E-state index contributed by atoms with van der Waals surface area (Å²) in [5, 5.41) is 3.47. The maximum Gasteiger partial charge on any atom is 0.262 e. The highest BCUT2D eigenvalue weighted by Gasteiger charge is 2.06. The van der Waals surface area contributed by atoms with Crippen molar-refractivity contribution < 1.29 is 9.53 Å². The lowest BCUT2D eigenvalue weighted by atomic mass is 10.2. The van der Waals surface area contributed by atoms with E-state index in [1.165, 1.54) is 0 Å². The van der Waals surface area contributed by atoms with Crippen molar-refractivity contribution in [3.05, 3.63) is 57.0 Å². The molecule has 0 radical (unpaired) electrons. The monoisotopic (exact) mass is 367 g/mol. The van der Waals surface area contributed by atoms with E-state index in [4.69, 9.17) is 16.3 Å². The van der Waals surface area contributed by atoms with Crippen molar-refractivity contribution in [2.75, 3.05) is 11.9 Å². The fraction of sp³-hybridized carbons (Fsp3) is 0.188. The minimum atomic E-state index is -0.204. The minimum Gasteiger partial charge on any atom is -0.484 e. The van der Waals surface area contributed by atoms with Crippen molar-refractivity contribution in [3.8, 4) is 5.75 Å². The Balaban J connectivity index is 1.92. The zero-order valence-corrected chi connectivity index (χ0v) is 14.1. The summed E-state index contributed by atoms with van der Waals surface area (Å²) in [7, 11) is 0. The van der Waals surface area contributed by atoms with Gasteiger partial charge in [0.05, 0.1) is 0 Å². The van der Waals surface area contributed by atoms with Crippen LogP contribution in [0.3, 0.4) is 0 Å². The van der Waals surface area contributed by atoms with Gasteiger partial charge in [-0.1, -0.05) is 27.5 Å². The largest absolute Gasteiger partial charge is 0.484 e. The summed E-state index contributed by atoms with van der Waals surface area (Å²) >= 11 is 9.36. The summed E-state index contributed by atoms with van der Waals surface area (Å²) < 4.78 is 6.46. The Morgan fingerprint density at radius 3 is 2.62 bits per heavy atom. The van der Waals surface area contributed by atoms with Crippen LogP contribution in [0.4, 0.5) is 5.69 Å². The van der Waals surface area contributed by atoms with E-state index in [-0.39, 0.29) is 12.5 Å². The fourth-order valence-corrected chi connectivity index (χ4v) is 2.14. The molecule has 21 heavy (non-hydrogen) atoms. The number of nitrogens with one attached hydrogen (secondary N) is 1. The first-order valence-corrected chi connectivity index (χ1v) is 7.58. The first-order valence-electron chi connectivity index (χ1n) is 6.40. The molecular formula is C16H15BrClNO2. The van der Waals surface area contributed by atoms with E-state index in [2.05, 4.69) is 21.2 Å². The van der Waals surface area contributed by atoms with Gasteiger partial charge in [-0.3, -0.25) is 4.79 Å². The molecule has 0 aliphatic carbocycles. The lowest BCUT2D eigenvalue weighted by molar-refractivity contribution is -0.118. The van der Waals surface area contributed by atoms with Crippen LogP contribution in [0.2, 0.25) is 5.02 Å². The third-order valence-corrected chi connectivity index (χ3v) is 4.25. The average molecular weight is 369 g/mol. The molecule has 3 nitrogen and oxygen atoms in total. The summed E-state index contributed by atoms with van der Waals surface area (Å²) in [4.78, 5) is 11.9. The summed E-state index contributed by atoms with van der Waals surface area (Å²) in [6, 6.07) is 10.9. The van der Waals surface area contributed by atoms with Gasteiger partial charge in [-0.05, 0) is 61.4 Å². The van der Waals surface area contributed by atoms with Crippen LogP contribution in [-0.2, 0) is 4.79 Å². The van der Waals surface area contributed by atoms with Gasteiger partial charge in [0.25, 0.3) is 5.91 Å². The number of carbonyl (C=O) groups excluding carboxylic acids is 1. The Kier molecular flexibility index (Phi) is 5.26. The summed E-state index contributed by atoms with van der Waals surface area (Å²) in [5.41, 5.74) is 2.72. The Bertz CT molecular complexity index is 673. The molecule has 0 unspecified atom stereocenters. The molecule has 2 aromatic rings. The predicted molar refractivity (Wildman–Crippen MR) is 89.2 cm³/mol. The number of halogens is 2. The SMILES string of the molecule is Cc1cc(OCC(=O)Nc2ccc(Br)c(C)c2)ccc1Cl. The summed E-state index contributed by atoms with van der Waals surface area (Å²) in [6.07, 6.45) is 0. The van der Waals surface area contributed by atoms with E-state index in [9.17, 15) is 4.79 Å². The van der Waals surface area contributed by atoms with Gasteiger partial charge in [-0.25, -0.2) is 0 Å². The second-order valence-electron chi connectivity index (χ2n) is 4.71. The zero-order valence-electron chi connectivity index (χ0n) is 11.7. The number of amides is 1. The Labute approximate surface area is 137 Å². The molecule has 0 heterocycles. The molecule has 2 rings (SSSR count). The second-order valence-corrected chi connectivity index (χ2v) is 5.97. The van der Waals surface area contributed by atoms with E-state index >= 15 is 0 Å². The number of ether oxygens (including phenoxy) is 1. The number of hydrogen-bond acceptors (Lipinski definition) is 2. The lowest BCUT2D eigenvalue weighted by Crippen LogP contribution is -2.20. The lowest BCUT2D eigenvalue weighted by Gasteiger charge is -2.09. The van der Waals surface area contributed by atoms with Crippen LogP contribution in [0.1, 0.15) is 11.1 Å². The molecule has 2 aromatic carbocycles. The quantitative estimate of drug-likeness (QED) is 0.846. The van der Waals surface area contributed by atoms with Crippen molar-refractivity contribution in [2.24, 2.45) is 0 Å². The van der Waals surface area contributed by atoms with E-state index < -0.39 is 0 Å². The van der Waals surface area contributed by atoms with Crippen LogP contribution in [0.15, 0.2) is 40.9 Å². The number of carbonyl (C=O) groups is 1. The maximum atomic E-state index is 11.9. The molecule has 0 saturated heterocycles. The maximum absolute atomic E-state index is 11.9. The average Bonchev–Trinajstić information content (AvgIpc) is 2.44. The van der Waals surface area contributed by atoms with Crippen molar-refractivity contribution in [3.63, 3.8) is 0 Å². The van der Waals surface area contributed by atoms with Gasteiger partial charge < -0.3 is 10.1 Å². The Hall–Kier alpha value is -1.52. The van der Waals surface area contributed by atoms with Crippen LogP contribution in [0.5, 0.6) is 5.75 Å². The van der Waals surface area contributed by atoms with Crippen molar-refractivity contribution in [1.82, 2.24) is 0 Å². The third kappa shape index (κ3) is 4.48. The molecule has 0 atom stereocenters. The molecule has 0 aromatic heterocycles. The number of anilines is 1. The van der Waals surface area contributed by atoms with Crippen LogP contribution >= 0.6 is 27.5 Å². The van der Waals surface area contributed by atoms with Gasteiger partial charge in [-0.15, -0.1) is 0 Å². The van der Waals surface area contributed by atoms with E-state index in [1.54, 1.807) is 18.2 Å². The minimum absolute atomic E-state index is 0.0455. The van der Waals surface area contributed by atoms with Crippen LogP contribution in [-0.4, -0.2) is 12.5 Å². The van der Waals surface area contributed by atoms with Crippen molar-refractivity contribution in [1.29, 1.82) is 0 Å². The molecular weight excluding hydrogens is 354 g/mol. The zero-order chi connectivity index (χ0) is 15.4. The van der Waals surface area contributed by atoms with E-state index in [1.807, 2.05) is 32.0 Å². The van der Waals surface area contributed by atoms with Crippen LogP contribution in [0, 0.1) is 13.8 Å². The standard InChI is InChI=1S/C16H15BrClNO2/c1-10-7-12(3-5-14(10)17)19-16(20)9-21-13-4-6-15(18)11(2)8-13/h3-8H,9H2,1-2H3,(H,19,20). The second kappa shape index (κ2) is 6.96. The smallest absolute Gasteiger partial charge is 0.262 e. The molecule has 1 N–H and O–H groups in total. The molecule has 110 valence electrons. The predicted octanol–water partition coefficient (Wildman–Crippen LogP) is 4.74. The topological polar surface area (TPSA) is 38.3 Å². The molecule has 1 amide bonds. The molecule has 5 heteroatoms. The van der Waals surface area contributed by atoms with Gasteiger partial charge >= 0.3 is 0 Å². The highest BCUT2D eigenvalue weighted by molar-refractivity contribution is 9.10. The van der Waals surface area contributed by atoms with Gasteiger partial charge in [-0.2, -0.15) is 0 Å². The van der Waals surface area contributed by atoms with Crippen LogP contribution in [0.25, 0.3) is 0 Å². The van der Waals surface area contributed by atoms with Crippen molar-refractivity contribution >= 4 is 39.1 Å². The van der Waals surface area contributed by atoms with Gasteiger partial charge in [0.2, 0.25) is 0 Å². The fourth-order valence-electron chi connectivity index (χ4n) is 1.78. The van der Waals surface area contributed by atoms with Crippen molar-refractivity contribution in [2.45, 2.75) is 13.8 Å². The molecule has 0 fully saturated rings. The highest BCUT2D eigenvalue weighted by Crippen LogP contribution is 2.22. The van der Waals surface area contributed by atoms with Gasteiger partial charge in [0.15, 0.2) is 6.61 Å². The number of benzene rings is 2. The van der Waals surface area contributed by atoms with Gasteiger partial charge in [0.1, 0.15) is 5.75 Å². The third-order valence-electron chi connectivity index (χ3n) is 2.94. The summed E-state index contributed by atoms with van der Waals surface area (Å²) in [5.74, 6) is 0.420. The first kappa shape index (κ1) is 15.9. The van der Waals surface area contributed by atoms with E-state index in [0.717, 1.165) is 21.3 Å². The Morgan fingerprint density at radius 1 is 1.19 bits per heavy atom. The Morgan fingerprint density at radius 2 is 1.95 bits per heavy atom. The molecule has 0 bridgehead atoms. The molecule has 0 saturated carbocycles. The van der Waals surface area contributed by atoms with E-state index in [0.29, 0.717) is 10.8 Å². The molecule has 0 aliphatic rings.